The van der Waals surface area contributed by atoms with Crippen LogP contribution in [0.4, 0.5) is 0 Å². The minimum atomic E-state index is -3.89. The first kappa shape index (κ1) is 40.2. The monoisotopic (exact) mass is 799 g/mol. The van der Waals surface area contributed by atoms with E-state index in [1.54, 1.807) is 7.11 Å². The maximum atomic E-state index is 14.5. The summed E-state index contributed by atoms with van der Waals surface area (Å²) in [5.74, 6) is -2.10. The minimum absolute atomic E-state index is 0.0266. The van der Waals surface area contributed by atoms with Crippen LogP contribution in [0.5, 0.6) is 11.5 Å². The standard InChI is InChI=1S/C43H53N5O8S/c1-6-27-24-43(27,41(52)47-57(53,54)31-17-18-31)46-40(51)36-21-30(25-48(36)38(49)22-33(42(2,3)4)39(50)44-28-14-10-11-15-28)56-37-23-34(26-12-8-7-9-13-26)45-35-20-29(55-5)16-19-32(35)37/h6-9,12-13,16,19-20,23,27-28,30-31,33,36H,1,10-11,14-15,17-18,21-22,24-25H2,2-5H3,(H,44,50)(H,46,51)(H,47,52)/t27?,30-,33-,36+,43?/m1/s1. The Balaban J connectivity index is 1.19. The van der Waals surface area contributed by atoms with Crippen molar-refractivity contribution < 1.29 is 37.1 Å². The second kappa shape index (κ2) is 15.8. The Morgan fingerprint density at radius 1 is 1.04 bits per heavy atom. The van der Waals surface area contributed by atoms with Gasteiger partial charge in [-0.15, -0.1) is 6.58 Å². The fourth-order valence-corrected chi connectivity index (χ4v) is 9.58. The third kappa shape index (κ3) is 8.65. The summed E-state index contributed by atoms with van der Waals surface area (Å²) in [6.07, 6.45) is 5.77. The Labute approximate surface area is 334 Å². The SMILES string of the molecule is C=CC1CC1(NC(=O)[C@@H]1C[C@@H](Oc2cc(-c3ccccc3)nc3cc(OC)ccc23)CN1C(=O)C[C@H](C(=O)NC1CCCC1)C(C)(C)C)C(=O)NS(=O)(=O)C1CC1. The van der Waals surface area contributed by atoms with E-state index in [0.29, 0.717) is 40.9 Å². The zero-order valence-electron chi connectivity index (χ0n) is 33.1. The highest BCUT2D eigenvalue weighted by molar-refractivity contribution is 7.91. The summed E-state index contributed by atoms with van der Waals surface area (Å²) in [4.78, 5) is 62.6. The van der Waals surface area contributed by atoms with Crippen LogP contribution in [0, 0.1) is 17.3 Å². The van der Waals surface area contributed by atoms with Crippen molar-refractivity contribution in [3.05, 3.63) is 67.3 Å². The van der Waals surface area contributed by atoms with Gasteiger partial charge in [0.25, 0.3) is 5.91 Å². The fourth-order valence-electron chi connectivity index (χ4n) is 8.22. The van der Waals surface area contributed by atoms with Gasteiger partial charge in [-0.25, -0.2) is 13.4 Å². The molecule has 0 spiro atoms. The first-order valence-electron chi connectivity index (χ1n) is 19.9. The number of ether oxygens (including phenoxy) is 2. The maximum Gasteiger partial charge on any atom is 0.259 e. The van der Waals surface area contributed by atoms with Gasteiger partial charge in [-0.3, -0.25) is 23.9 Å². The van der Waals surface area contributed by atoms with E-state index in [-0.39, 0.29) is 37.8 Å². The van der Waals surface area contributed by atoms with Crippen LogP contribution in [0.15, 0.2) is 67.3 Å². The van der Waals surface area contributed by atoms with E-state index >= 15 is 0 Å². The number of hydrogen-bond acceptors (Lipinski definition) is 9. The van der Waals surface area contributed by atoms with E-state index in [1.807, 2.05) is 75.4 Å². The Morgan fingerprint density at radius 2 is 1.75 bits per heavy atom. The Kier molecular flexibility index (Phi) is 11.1. The Bertz CT molecular complexity index is 2160. The molecule has 14 heteroatoms. The van der Waals surface area contributed by atoms with Crippen molar-refractivity contribution in [1.82, 2.24) is 25.2 Å². The molecule has 2 aromatic carbocycles. The van der Waals surface area contributed by atoms with Crippen molar-refractivity contribution in [2.24, 2.45) is 17.3 Å². The zero-order chi connectivity index (χ0) is 40.7. The van der Waals surface area contributed by atoms with E-state index < -0.39 is 67.9 Å². The number of amides is 4. The molecule has 0 bridgehead atoms. The lowest BCUT2D eigenvalue weighted by Gasteiger charge is -2.33. The van der Waals surface area contributed by atoms with Crippen molar-refractivity contribution in [1.29, 1.82) is 0 Å². The van der Waals surface area contributed by atoms with Crippen molar-refractivity contribution in [3.63, 3.8) is 0 Å². The fraction of sp³-hybridized carbons (Fsp3) is 0.512. The number of likely N-dealkylation sites (tertiary alicyclic amines) is 1. The summed E-state index contributed by atoms with van der Waals surface area (Å²) in [6.45, 7) is 9.61. The molecule has 3 saturated carbocycles. The molecule has 4 amide bonds. The number of aromatic nitrogens is 1. The quantitative estimate of drug-likeness (QED) is 0.189. The molecule has 1 aromatic heterocycles. The van der Waals surface area contributed by atoms with Gasteiger partial charge in [0.05, 0.1) is 36.0 Å². The molecular formula is C43H53N5O8S. The van der Waals surface area contributed by atoms with E-state index in [9.17, 15) is 27.6 Å². The molecule has 2 heterocycles. The van der Waals surface area contributed by atoms with Crippen LogP contribution in [-0.4, -0.2) is 84.6 Å². The average molecular weight is 800 g/mol. The highest BCUT2D eigenvalue weighted by Gasteiger charge is 2.62. The lowest BCUT2D eigenvalue weighted by atomic mass is 9.77. The zero-order valence-corrected chi connectivity index (χ0v) is 33.9. The molecule has 13 nitrogen and oxygen atoms in total. The minimum Gasteiger partial charge on any atom is -0.497 e. The van der Waals surface area contributed by atoms with Gasteiger partial charge >= 0.3 is 0 Å². The predicted molar refractivity (Wildman–Crippen MR) is 215 cm³/mol. The lowest BCUT2D eigenvalue weighted by molar-refractivity contribution is -0.143. The third-order valence-corrected chi connectivity index (χ3v) is 13.7. The number of fused-ring (bicyclic) bond motifs is 1. The molecule has 3 N–H and O–H groups in total. The number of nitrogens with zero attached hydrogens (tertiary/aromatic N) is 2. The van der Waals surface area contributed by atoms with Crippen molar-refractivity contribution in [2.45, 2.75) is 108 Å². The van der Waals surface area contributed by atoms with Crippen LogP contribution in [-0.2, 0) is 29.2 Å². The van der Waals surface area contributed by atoms with E-state index in [4.69, 9.17) is 14.5 Å². The second-order valence-electron chi connectivity index (χ2n) is 17.1. The summed E-state index contributed by atoms with van der Waals surface area (Å²) < 4.78 is 40.0. The molecule has 3 aliphatic carbocycles. The number of pyridine rings is 1. The highest BCUT2D eigenvalue weighted by atomic mass is 32.2. The highest BCUT2D eigenvalue weighted by Crippen LogP contribution is 2.46. The number of hydrogen-bond donors (Lipinski definition) is 3. The van der Waals surface area contributed by atoms with Crippen LogP contribution in [0.25, 0.3) is 22.2 Å². The van der Waals surface area contributed by atoms with Gasteiger partial charge < -0.3 is 25.0 Å². The van der Waals surface area contributed by atoms with Gasteiger partial charge in [0.2, 0.25) is 27.7 Å². The van der Waals surface area contributed by atoms with Crippen LogP contribution in [0.2, 0.25) is 0 Å². The van der Waals surface area contributed by atoms with E-state index in [1.165, 1.54) is 11.0 Å². The molecule has 5 atom stereocenters. The molecule has 304 valence electrons. The van der Waals surface area contributed by atoms with Gasteiger partial charge in [-0.1, -0.05) is 70.0 Å². The number of sulfonamides is 1. The van der Waals surface area contributed by atoms with Gasteiger partial charge in [0, 0.05) is 47.9 Å². The van der Waals surface area contributed by atoms with Crippen molar-refractivity contribution in [3.8, 4) is 22.8 Å². The molecule has 7 rings (SSSR count). The van der Waals surface area contributed by atoms with Crippen LogP contribution >= 0.6 is 0 Å². The number of nitrogens with one attached hydrogen (secondary N) is 3. The molecule has 4 fully saturated rings. The van der Waals surface area contributed by atoms with Crippen molar-refractivity contribution >= 4 is 44.6 Å². The van der Waals surface area contributed by atoms with Crippen LogP contribution in [0.3, 0.4) is 0 Å². The van der Waals surface area contributed by atoms with Crippen LogP contribution in [0.1, 0.15) is 78.6 Å². The largest absolute Gasteiger partial charge is 0.497 e. The summed E-state index contributed by atoms with van der Waals surface area (Å²) in [7, 11) is -2.32. The molecule has 1 aliphatic heterocycles. The number of methoxy groups -OCH3 is 1. The molecule has 2 unspecified atom stereocenters. The topological polar surface area (TPSA) is 173 Å². The summed E-state index contributed by atoms with van der Waals surface area (Å²) in [6, 6.07) is 15.9. The second-order valence-corrected chi connectivity index (χ2v) is 19.0. The smallest absolute Gasteiger partial charge is 0.259 e. The number of rotatable bonds is 14. The van der Waals surface area contributed by atoms with Gasteiger partial charge in [-0.05, 0) is 49.7 Å². The third-order valence-electron chi connectivity index (χ3n) is 11.9. The van der Waals surface area contributed by atoms with E-state index in [2.05, 4.69) is 21.9 Å². The lowest BCUT2D eigenvalue weighted by Crippen LogP contribution is -2.56. The molecule has 4 aliphatic rings. The maximum absolute atomic E-state index is 14.5. The molecule has 1 saturated heterocycles. The van der Waals surface area contributed by atoms with Gasteiger partial charge in [0.1, 0.15) is 29.2 Å². The van der Waals surface area contributed by atoms with Crippen molar-refractivity contribution in [2.75, 3.05) is 13.7 Å². The molecule has 57 heavy (non-hydrogen) atoms. The van der Waals surface area contributed by atoms with Crippen LogP contribution < -0.4 is 24.8 Å². The Hall–Kier alpha value is -4.98. The Morgan fingerprint density at radius 3 is 2.39 bits per heavy atom. The van der Waals surface area contributed by atoms with Gasteiger partial charge in [-0.2, -0.15) is 0 Å². The summed E-state index contributed by atoms with van der Waals surface area (Å²) >= 11 is 0. The predicted octanol–water partition coefficient (Wildman–Crippen LogP) is 5.04. The average Bonchev–Trinajstić information content (AvgIpc) is 4.06. The number of carbonyl (C=O) groups is 4. The molecule has 3 aromatic rings. The van der Waals surface area contributed by atoms with E-state index in [0.717, 1.165) is 31.2 Å². The number of carbonyl (C=O) groups excluding carboxylic acids is 4. The van der Waals surface area contributed by atoms with Gasteiger partial charge in [0.15, 0.2) is 0 Å². The molecule has 0 radical (unpaired) electrons. The number of benzene rings is 2. The first-order chi connectivity index (χ1) is 27.1. The molecular weight excluding hydrogens is 747 g/mol. The summed E-state index contributed by atoms with van der Waals surface area (Å²) in [5, 5.41) is 6.08. The first-order valence-corrected chi connectivity index (χ1v) is 21.5. The normalized spacial score (nSPS) is 24.1. The summed E-state index contributed by atoms with van der Waals surface area (Å²) in [5.41, 5.74) is 0.0488.